The van der Waals surface area contributed by atoms with E-state index in [-0.39, 0.29) is 30.2 Å². The van der Waals surface area contributed by atoms with Crippen molar-refractivity contribution in [2.24, 2.45) is 0 Å². The van der Waals surface area contributed by atoms with E-state index in [1.165, 1.54) is 22.3 Å². The fourth-order valence-electron chi connectivity index (χ4n) is 3.52. The summed E-state index contributed by atoms with van der Waals surface area (Å²) in [5, 5.41) is 2.98. The first-order chi connectivity index (χ1) is 13.1. The Morgan fingerprint density at radius 3 is 2.70 bits per heavy atom. The van der Waals surface area contributed by atoms with Crippen LogP contribution in [0, 0.1) is 0 Å². The number of amides is 2. The molecule has 2 aromatic rings. The van der Waals surface area contributed by atoms with E-state index < -0.39 is 0 Å². The summed E-state index contributed by atoms with van der Waals surface area (Å²) in [5.74, 6) is -0.216. The Morgan fingerprint density at radius 2 is 2.00 bits per heavy atom. The number of fused-ring (bicyclic) bond motifs is 1. The molecule has 0 saturated heterocycles. The van der Waals surface area contributed by atoms with Crippen molar-refractivity contribution in [3.63, 3.8) is 0 Å². The summed E-state index contributed by atoms with van der Waals surface area (Å²) in [6.07, 6.45) is 3.45. The first kappa shape index (κ1) is 19.2. The van der Waals surface area contributed by atoms with Gasteiger partial charge in [0.1, 0.15) is 0 Å². The van der Waals surface area contributed by atoms with Gasteiger partial charge in [-0.15, -0.1) is 0 Å². The van der Waals surface area contributed by atoms with Crippen LogP contribution >= 0.6 is 0 Å². The Balaban J connectivity index is 1.49. The number of benzene rings is 1. The van der Waals surface area contributed by atoms with Gasteiger partial charge in [-0.05, 0) is 36.1 Å². The Kier molecular flexibility index (Phi) is 6.29. The Hall–Kier alpha value is -2.60. The number of rotatable bonds is 7. The zero-order valence-electron chi connectivity index (χ0n) is 16.0. The number of carbonyl (C=O) groups excluding carboxylic acids is 2. The number of carbonyl (C=O) groups is 2. The van der Waals surface area contributed by atoms with Crippen LogP contribution in [0.25, 0.3) is 0 Å². The number of hydrogen-bond acceptors (Lipinski definition) is 4. The minimum Gasteiger partial charge on any atom is -0.459 e. The second kappa shape index (κ2) is 8.86. The van der Waals surface area contributed by atoms with E-state index in [1.807, 2.05) is 0 Å². The van der Waals surface area contributed by atoms with E-state index in [4.69, 9.17) is 4.42 Å². The quantitative estimate of drug-likeness (QED) is 0.813. The smallest absolute Gasteiger partial charge is 0.289 e. The standard InChI is InChI=1S/C21H27N3O3/c1-3-18(24-11-10-16-7-4-5-8-17(16)14-24)13-22-20(25)15-23(2)21(26)19-9-6-12-27-19/h4-9,12,18H,3,10-11,13-15H2,1-2H3,(H,22,25). The molecule has 144 valence electrons. The SMILES string of the molecule is CCC(CNC(=O)CN(C)C(=O)c1ccco1)N1CCc2ccccc2C1. The van der Waals surface area contributed by atoms with E-state index in [2.05, 4.69) is 41.4 Å². The van der Waals surface area contributed by atoms with Gasteiger partial charge in [0.05, 0.1) is 12.8 Å². The molecule has 2 heterocycles. The van der Waals surface area contributed by atoms with Crippen LogP contribution in [-0.2, 0) is 17.8 Å². The molecule has 2 amide bonds. The van der Waals surface area contributed by atoms with Crippen LogP contribution in [0.4, 0.5) is 0 Å². The predicted octanol–water partition coefficient (Wildman–Crippen LogP) is 2.30. The van der Waals surface area contributed by atoms with Crippen LogP contribution in [0.3, 0.4) is 0 Å². The molecule has 1 aliphatic rings. The van der Waals surface area contributed by atoms with Crippen LogP contribution in [0.15, 0.2) is 47.1 Å². The molecule has 3 rings (SSSR count). The van der Waals surface area contributed by atoms with E-state index in [0.717, 1.165) is 25.9 Å². The molecule has 0 saturated carbocycles. The largest absolute Gasteiger partial charge is 0.459 e. The van der Waals surface area contributed by atoms with Gasteiger partial charge in [-0.2, -0.15) is 0 Å². The number of furan rings is 1. The minimum atomic E-state index is -0.296. The highest BCUT2D eigenvalue weighted by molar-refractivity contribution is 5.94. The molecule has 0 radical (unpaired) electrons. The van der Waals surface area contributed by atoms with Crippen LogP contribution in [0.1, 0.15) is 35.0 Å². The molecule has 1 aromatic heterocycles. The van der Waals surface area contributed by atoms with Crippen molar-refractivity contribution < 1.29 is 14.0 Å². The molecule has 0 bridgehead atoms. The topological polar surface area (TPSA) is 65.8 Å². The maximum Gasteiger partial charge on any atom is 0.289 e. The Labute approximate surface area is 160 Å². The lowest BCUT2D eigenvalue weighted by Crippen LogP contribution is -2.47. The van der Waals surface area contributed by atoms with Crippen molar-refractivity contribution in [2.75, 3.05) is 26.7 Å². The van der Waals surface area contributed by atoms with Crippen molar-refractivity contribution in [3.8, 4) is 0 Å². The molecule has 0 spiro atoms. The van der Waals surface area contributed by atoms with Gasteiger partial charge in [0.25, 0.3) is 5.91 Å². The summed E-state index contributed by atoms with van der Waals surface area (Å²) in [6, 6.07) is 12.1. The van der Waals surface area contributed by atoms with Crippen molar-refractivity contribution in [3.05, 3.63) is 59.5 Å². The van der Waals surface area contributed by atoms with Gasteiger partial charge < -0.3 is 14.6 Å². The van der Waals surface area contributed by atoms with E-state index in [9.17, 15) is 9.59 Å². The molecule has 1 N–H and O–H groups in total. The van der Waals surface area contributed by atoms with Gasteiger partial charge in [-0.25, -0.2) is 0 Å². The molecule has 0 fully saturated rings. The van der Waals surface area contributed by atoms with Gasteiger partial charge in [0, 0.05) is 32.7 Å². The molecule has 6 heteroatoms. The second-order valence-corrected chi connectivity index (χ2v) is 6.99. The van der Waals surface area contributed by atoms with Crippen LogP contribution in [0.2, 0.25) is 0 Å². The zero-order chi connectivity index (χ0) is 19.2. The maximum atomic E-state index is 12.3. The van der Waals surface area contributed by atoms with Gasteiger partial charge >= 0.3 is 0 Å². The Bertz CT molecular complexity index is 773. The maximum absolute atomic E-state index is 12.3. The molecule has 6 nitrogen and oxygen atoms in total. The average molecular weight is 369 g/mol. The summed E-state index contributed by atoms with van der Waals surface area (Å²) in [5.41, 5.74) is 2.79. The zero-order valence-corrected chi connectivity index (χ0v) is 16.0. The molecule has 0 aliphatic carbocycles. The lowest BCUT2D eigenvalue weighted by molar-refractivity contribution is -0.121. The number of nitrogens with zero attached hydrogens (tertiary/aromatic N) is 2. The fourth-order valence-corrected chi connectivity index (χ4v) is 3.52. The van der Waals surface area contributed by atoms with Gasteiger partial charge in [-0.3, -0.25) is 14.5 Å². The number of nitrogens with one attached hydrogen (secondary N) is 1. The van der Waals surface area contributed by atoms with Gasteiger partial charge in [0.2, 0.25) is 5.91 Å². The van der Waals surface area contributed by atoms with Crippen molar-refractivity contribution in [1.82, 2.24) is 15.1 Å². The van der Waals surface area contributed by atoms with Crippen LogP contribution in [-0.4, -0.2) is 54.3 Å². The Morgan fingerprint density at radius 1 is 1.22 bits per heavy atom. The monoisotopic (exact) mass is 369 g/mol. The third kappa shape index (κ3) is 4.77. The first-order valence-corrected chi connectivity index (χ1v) is 9.45. The predicted molar refractivity (Wildman–Crippen MR) is 103 cm³/mol. The summed E-state index contributed by atoms with van der Waals surface area (Å²) in [4.78, 5) is 28.2. The van der Waals surface area contributed by atoms with Crippen LogP contribution < -0.4 is 5.32 Å². The van der Waals surface area contributed by atoms with Crippen molar-refractivity contribution >= 4 is 11.8 Å². The lowest BCUT2D eigenvalue weighted by Gasteiger charge is -2.35. The summed E-state index contributed by atoms with van der Waals surface area (Å²) < 4.78 is 5.09. The van der Waals surface area contributed by atoms with E-state index in [0.29, 0.717) is 6.54 Å². The third-order valence-corrected chi connectivity index (χ3v) is 5.14. The summed E-state index contributed by atoms with van der Waals surface area (Å²) >= 11 is 0. The van der Waals surface area contributed by atoms with E-state index in [1.54, 1.807) is 19.2 Å². The molecule has 1 aliphatic heterocycles. The highest BCUT2D eigenvalue weighted by atomic mass is 16.3. The normalized spacial score (nSPS) is 15.0. The first-order valence-electron chi connectivity index (χ1n) is 9.45. The lowest BCUT2D eigenvalue weighted by atomic mass is 9.98. The highest BCUT2D eigenvalue weighted by Crippen LogP contribution is 2.21. The molecular weight excluding hydrogens is 342 g/mol. The third-order valence-electron chi connectivity index (χ3n) is 5.14. The minimum absolute atomic E-state index is 0.0127. The number of likely N-dealkylation sites (N-methyl/N-ethyl adjacent to an activating group) is 1. The highest BCUT2D eigenvalue weighted by Gasteiger charge is 2.23. The van der Waals surface area contributed by atoms with Crippen LogP contribution in [0.5, 0.6) is 0 Å². The summed E-state index contributed by atoms with van der Waals surface area (Å²) in [7, 11) is 1.60. The average Bonchev–Trinajstić information content (AvgIpc) is 3.22. The molecule has 1 atom stereocenters. The molecule has 1 aromatic carbocycles. The summed E-state index contributed by atoms with van der Waals surface area (Å²) in [6.45, 7) is 4.66. The van der Waals surface area contributed by atoms with Crippen molar-refractivity contribution in [1.29, 1.82) is 0 Å². The molecule has 1 unspecified atom stereocenters. The van der Waals surface area contributed by atoms with Crippen molar-refractivity contribution in [2.45, 2.75) is 32.4 Å². The van der Waals surface area contributed by atoms with Gasteiger partial charge in [-0.1, -0.05) is 31.2 Å². The second-order valence-electron chi connectivity index (χ2n) is 6.99. The molecule has 27 heavy (non-hydrogen) atoms. The fraction of sp³-hybridized carbons (Fsp3) is 0.429. The number of hydrogen-bond donors (Lipinski definition) is 1. The van der Waals surface area contributed by atoms with Gasteiger partial charge in [0.15, 0.2) is 5.76 Å². The molecular formula is C21H27N3O3. The van der Waals surface area contributed by atoms with E-state index >= 15 is 0 Å².